The standard InChI is InChI=1S/C17H22N4O/c1-4-5-11-21-15(13-9-7-6-8-10-13)14-12(2)19-20(3)16(14)18-17(21)22/h6-10,15H,4-5,11H2,1-3H3,(H,18,22). The summed E-state index contributed by atoms with van der Waals surface area (Å²) in [7, 11) is 1.87. The number of hydrogen-bond donors (Lipinski definition) is 1. The van der Waals surface area contributed by atoms with Crippen molar-refractivity contribution in [1.82, 2.24) is 14.7 Å². The Morgan fingerprint density at radius 2 is 2.00 bits per heavy atom. The van der Waals surface area contributed by atoms with Crippen LogP contribution < -0.4 is 5.32 Å². The van der Waals surface area contributed by atoms with E-state index in [1.165, 1.54) is 0 Å². The van der Waals surface area contributed by atoms with Crippen molar-refractivity contribution in [3.05, 3.63) is 47.2 Å². The summed E-state index contributed by atoms with van der Waals surface area (Å²) < 4.78 is 1.76. The number of urea groups is 1. The van der Waals surface area contributed by atoms with Crippen molar-refractivity contribution in [2.75, 3.05) is 11.9 Å². The molecule has 3 rings (SSSR count). The van der Waals surface area contributed by atoms with Gasteiger partial charge in [0.1, 0.15) is 5.82 Å². The fourth-order valence-corrected chi connectivity index (χ4v) is 3.14. The van der Waals surface area contributed by atoms with Gasteiger partial charge in [0.25, 0.3) is 0 Å². The number of nitrogens with zero attached hydrogens (tertiary/aromatic N) is 3. The van der Waals surface area contributed by atoms with Gasteiger partial charge in [-0.05, 0) is 18.9 Å². The Morgan fingerprint density at radius 1 is 1.27 bits per heavy atom. The minimum atomic E-state index is -0.0646. The summed E-state index contributed by atoms with van der Waals surface area (Å²) in [4.78, 5) is 14.5. The molecule has 0 spiro atoms. The zero-order valence-corrected chi connectivity index (χ0v) is 13.3. The van der Waals surface area contributed by atoms with Gasteiger partial charge in [-0.25, -0.2) is 4.79 Å². The van der Waals surface area contributed by atoms with Crippen LogP contribution in [0.25, 0.3) is 0 Å². The normalized spacial score (nSPS) is 17.3. The van der Waals surface area contributed by atoms with Crippen molar-refractivity contribution in [1.29, 1.82) is 0 Å². The summed E-state index contributed by atoms with van der Waals surface area (Å²) >= 11 is 0. The van der Waals surface area contributed by atoms with Crippen LogP contribution in [0.1, 0.15) is 42.6 Å². The van der Waals surface area contributed by atoms with Crippen LogP contribution in [0, 0.1) is 6.92 Å². The molecule has 2 heterocycles. The molecule has 1 aliphatic heterocycles. The van der Waals surface area contributed by atoms with E-state index in [4.69, 9.17) is 0 Å². The first-order valence-corrected chi connectivity index (χ1v) is 7.79. The third-order valence-corrected chi connectivity index (χ3v) is 4.21. The fourth-order valence-electron chi connectivity index (χ4n) is 3.14. The highest BCUT2D eigenvalue weighted by molar-refractivity contribution is 5.93. The number of carbonyl (C=O) groups is 1. The van der Waals surface area contributed by atoms with Crippen LogP contribution in [-0.2, 0) is 7.05 Å². The number of amides is 2. The molecule has 1 atom stereocenters. The molecule has 0 saturated carbocycles. The summed E-state index contributed by atoms with van der Waals surface area (Å²) in [6.45, 7) is 4.89. The van der Waals surface area contributed by atoms with Gasteiger partial charge in [-0.3, -0.25) is 10.00 Å². The minimum Gasteiger partial charge on any atom is -0.313 e. The number of benzene rings is 1. The first-order valence-electron chi connectivity index (χ1n) is 7.79. The van der Waals surface area contributed by atoms with E-state index in [0.717, 1.165) is 42.0 Å². The smallest absolute Gasteiger partial charge is 0.313 e. The minimum absolute atomic E-state index is 0.0437. The predicted octanol–water partition coefficient (Wildman–Crippen LogP) is 3.47. The molecule has 1 aromatic carbocycles. The van der Waals surface area contributed by atoms with Gasteiger partial charge in [0.05, 0.1) is 11.7 Å². The van der Waals surface area contributed by atoms with Gasteiger partial charge in [-0.15, -0.1) is 0 Å². The van der Waals surface area contributed by atoms with Crippen LogP contribution in [-0.4, -0.2) is 27.3 Å². The maximum Gasteiger partial charge on any atom is 0.323 e. The van der Waals surface area contributed by atoms with E-state index in [9.17, 15) is 4.79 Å². The van der Waals surface area contributed by atoms with Gasteiger partial charge in [-0.2, -0.15) is 5.10 Å². The maximum atomic E-state index is 12.6. The molecule has 2 aromatic rings. The summed E-state index contributed by atoms with van der Waals surface area (Å²) in [6.07, 6.45) is 2.05. The largest absolute Gasteiger partial charge is 0.323 e. The highest BCUT2D eigenvalue weighted by Gasteiger charge is 2.36. The SMILES string of the molecule is CCCCN1C(=O)Nc2c(c(C)nn2C)C1c1ccccc1. The Labute approximate surface area is 130 Å². The lowest BCUT2D eigenvalue weighted by Gasteiger charge is -2.36. The molecule has 1 aromatic heterocycles. The van der Waals surface area contributed by atoms with Crippen molar-refractivity contribution in [2.45, 2.75) is 32.7 Å². The molecular formula is C17H22N4O. The van der Waals surface area contributed by atoms with Crippen LogP contribution in [0.3, 0.4) is 0 Å². The Balaban J connectivity index is 2.12. The summed E-state index contributed by atoms with van der Waals surface area (Å²) in [5, 5.41) is 7.49. The molecule has 0 aliphatic carbocycles. The number of hydrogen-bond acceptors (Lipinski definition) is 2. The number of aryl methyl sites for hydroxylation is 2. The third kappa shape index (κ3) is 2.36. The lowest BCUT2D eigenvalue weighted by molar-refractivity contribution is 0.193. The van der Waals surface area contributed by atoms with E-state index < -0.39 is 0 Å². The van der Waals surface area contributed by atoms with Gasteiger partial charge in [0.15, 0.2) is 0 Å². The Morgan fingerprint density at radius 3 is 2.68 bits per heavy atom. The first-order chi connectivity index (χ1) is 10.6. The number of aromatic nitrogens is 2. The number of nitrogens with one attached hydrogen (secondary N) is 1. The number of unbranched alkanes of at least 4 members (excludes halogenated alkanes) is 1. The second-order valence-corrected chi connectivity index (χ2v) is 5.76. The van der Waals surface area contributed by atoms with Crippen molar-refractivity contribution < 1.29 is 4.79 Å². The van der Waals surface area contributed by atoms with Gasteiger partial charge in [0, 0.05) is 19.2 Å². The molecule has 1 N–H and O–H groups in total. The van der Waals surface area contributed by atoms with E-state index in [2.05, 4.69) is 29.5 Å². The number of fused-ring (bicyclic) bond motifs is 1. The lowest BCUT2D eigenvalue weighted by atomic mass is 9.95. The van der Waals surface area contributed by atoms with Crippen molar-refractivity contribution in [2.24, 2.45) is 7.05 Å². The van der Waals surface area contributed by atoms with E-state index in [-0.39, 0.29) is 12.1 Å². The highest BCUT2D eigenvalue weighted by Crippen LogP contribution is 2.39. The average molecular weight is 298 g/mol. The van der Waals surface area contributed by atoms with Crippen LogP contribution in [0.5, 0.6) is 0 Å². The van der Waals surface area contributed by atoms with E-state index in [1.807, 2.05) is 37.1 Å². The van der Waals surface area contributed by atoms with Crippen LogP contribution in [0.4, 0.5) is 10.6 Å². The zero-order valence-electron chi connectivity index (χ0n) is 13.3. The van der Waals surface area contributed by atoms with Crippen molar-refractivity contribution in [3.63, 3.8) is 0 Å². The van der Waals surface area contributed by atoms with Crippen LogP contribution in [0.2, 0.25) is 0 Å². The van der Waals surface area contributed by atoms with Gasteiger partial charge < -0.3 is 4.90 Å². The van der Waals surface area contributed by atoms with Gasteiger partial charge in [-0.1, -0.05) is 43.7 Å². The Hall–Kier alpha value is -2.30. The number of anilines is 1. The quantitative estimate of drug-likeness (QED) is 0.939. The molecule has 1 aliphatic rings. The molecule has 0 fully saturated rings. The summed E-state index contributed by atoms with van der Waals surface area (Å²) in [6, 6.07) is 10.1. The first kappa shape index (κ1) is 14.6. The maximum absolute atomic E-state index is 12.6. The molecule has 0 radical (unpaired) electrons. The molecule has 5 nitrogen and oxygen atoms in total. The van der Waals surface area contributed by atoms with E-state index in [1.54, 1.807) is 4.68 Å². The van der Waals surface area contributed by atoms with Crippen molar-refractivity contribution in [3.8, 4) is 0 Å². The van der Waals surface area contributed by atoms with Crippen LogP contribution in [0.15, 0.2) is 30.3 Å². The molecule has 2 amide bonds. The molecule has 116 valence electrons. The van der Waals surface area contributed by atoms with E-state index in [0.29, 0.717) is 0 Å². The highest BCUT2D eigenvalue weighted by atomic mass is 16.2. The van der Waals surface area contributed by atoms with Crippen molar-refractivity contribution >= 4 is 11.8 Å². The second-order valence-electron chi connectivity index (χ2n) is 5.76. The molecular weight excluding hydrogens is 276 g/mol. The Bertz CT molecular complexity index is 677. The molecule has 0 bridgehead atoms. The molecule has 5 heteroatoms. The Kier molecular flexibility index (Phi) is 3.88. The number of rotatable bonds is 4. The fraction of sp³-hybridized carbons (Fsp3) is 0.412. The molecule has 1 unspecified atom stereocenters. The molecule has 22 heavy (non-hydrogen) atoms. The van der Waals surface area contributed by atoms with Gasteiger partial charge >= 0.3 is 6.03 Å². The topological polar surface area (TPSA) is 50.2 Å². The average Bonchev–Trinajstić information content (AvgIpc) is 2.80. The summed E-state index contributed by atoms with van der Waals surface area (Å²) in [5.41, 5.74) is 3.20. The second kappa shape index (κ2) is 5.83. The monoisotopic (exact) mass is 298 g/mol. The summed E-state index contributed by atoms with van der Waals surface area (Å²) in [5.74, 6) is 0.809. The van der Waals surface area contributed by atoms with Crippen LogP contribution >= 0.6 is 0 Å². The predicted molar refractivity (Wildman–Crippen MR) is 86.9 cm³/mol. The molecule has 0 saturated heterocycles. The lowest BCUT2D eigenvalue weighted by Crippen LogP contribution is -2.43. The zero-order chi connectivity index (χ0) is 15.7. The van der Waals surface area contributed by atoms with E-state index >= 15 is 0 Å². The third-order valence-electron chi connectivity index (χ3n) is 4.21. The number of carbonyl (C=O) groups excluding carboxylic acids is 1. The van der Waals surface area contributed by atoms with Gasteiger partial charge in [0.2, 0.25) is 0 Å².